The molecule has 22 heavy (non-hydrogen) atoms. The number of aliphatic hydroxyl groups is 1. The third kappa shape index (κ3) is 4.46. The van der Waals surface area contributed by atoms with Crippen molar-refractivity contribution in [2.75, 3.05) is 13.1 Å². The predicted molar refractivity (Wildman–Crippen MR) is 90.5 cm³/mol. The monoisotopic (exact) mass is 323 g/mol. The lowest BCUT2D eigenvalue weighted by Crippen LogP contribution is -2.60. The standard InChI is InChI=1S/C16H25N3O2S/c1-12(20)14(17)15(21)18-16(7-9-19(22)10-8-16)11-13-5-3-2-4-6-13/h2-6,12,14,20,22H,7-11,17H2,1H3,(H,18,21). The molecule has 0 saturated carbocycles. The van der Waals surface area contributed by atoms with Crippen LogP contribution in [0.3, 0.4) is 0 Å². The molecule has 4 N–H and O–H groups in total. The maximum atomic E-state index is 12.3. The van der Waals surface area contributed by atoms with Gasteiger partial charge in [-0.15, -0.1) is 0 Å². The van der Waals surface area contributed by atoms with Gasteiger partial charge in [0.1, 0.15) is 6.04 Å². The number of nitrogens with one attached hydrogen (secondary N) is 1. The van der Waals surface area contributed by atoms with Crippen molar-refractivity contribution < 1.29 is 9.90 Å². The van der Waals surface area contributed by atoms with Crippen molar-refractivity contribution in [2.45, 2.75) is 43.9 Å². The number of piperidine rings is 1. The maximum Gasteiger partial charge on any atom is 0.240 e. The molecule has 1 heterocycles. The number of benzene rings is 1. The highest BCUT2D eigenvalue weighted by Crippen LogP contribution is 2.27. The van der Waals surface area contributed by atoms with Crippen molar-refractivity contribution in [2.24, 2.45) is 5.73 Å². The van der Waals surface area contributed by atoms with Crippen LogP contribution < -0.4 is 11.1 Å². The first-order valence-electron chi connectivity index (χ1n) is 7.65. The molecule has 1 saturated heterocycles. The summed E-state index contributed by atoms with van der Waals surface area (Å²) in [5.74, 6) is -0.293. The van der Waals surface area contributed by atoms with Crippen molar-refractivity contribution >= 4 is 18.7 Å². The fraction of sp³-hybridized carbons (Fsp3) is 0.562. The molecule has 5 nitrogen and oxygen atoms in total. The van der Waals surface area contributed by atoms with Gasteiger partial charge in [0.2, 0.25) is 5.91 Å². The van der Waals surface area contributed by atoms with E-state index >= 15 is 0 Å². The summed E-state index contributed by atoms with van der Waals surface area (Å²) >= 11 is 4.39. The Bertz CT molecular complexity index is 487. The summed E-state index contributed by atoms with van der Waals surface area (Å²) in [5.41, 5.74) is 6.62. The van der Waals surface area contributed by atoms with Gasteiger partial charge in [0.05, 0.1) is 6.10 Å². The van der Waals surface area contributed by atoms with E-state index in [0.717, 1.165) is 32.4 Å². The molecule has 1 fully saturated rings. The summed E-state index contributed by atoms with van der Waals surface area (Å²) in [7, 11) is 0. The minimum atomic E-state index is -0.901. The highest BCUT2D eigenvalue weighted by atomic mass is 32.1. The number of amides is 1. The van der Waals surface area contributed by atoms with E-state index in [1.165, 1.54) is 12.5 Å². The van der Waals surface area contributed by atoms with Crippen LogP contribution in [0.4, 0.5) is 0 Å². The van der Waals surface area contributed by atoms with Gasteiger partial charge in [0, 0.05) is 18.6 Å². The van der Waals surface area contributed by atoms with Crippen LogP contribution in [0, 0.1) is 0 Å². The molecule has 0 radical (unpaired) electrons. The van der Waals surface area contributed by atoms with Crippen LogP contribution in [0.1, 0.15) is 25.3 Å². The average molecular weight is 323 g/mol. The van der Waals surface area contributed by atoms with Crippen LogP contribution in [0.2, 0.25) is 0 Å². The van der Waals surface area contributed by atoms with Gasteiger partial charge >= 0.3 is 0 Å². The molecule has 1 aromatic carbocycles. The van der Waals surface area contributed by atoms with E-state index in [0.29, 0.717) is 0 Å². The highest BCUT2D eigenvalue weighted by molar-refractivity contribution is 7.77. The van der Waals surface area contributed by atoms with Gasteiger partial charge in [0.15, 0.2) is 0 Å². The first-order valence-corrected chi connectivity index (χ1v) is 8.05. The quantitative estimate of drug-likeness (QED) is 0.603. The minimum absolute atomic E-state index is 0.293. The second kappa shape index (κ2) is 7.46. The zero-order valence-electron chi connectivity index (χ0n) is 12.9. The summed E-state index contributed by atoms with van der Waals surface area (Å²) in [5, 5.41) is 12.6. The zero-order chi connectivity index (χ0) is 16.2. The van der Waals surface area contributed by atoms with Gasteiger partial charge in [-0.3, -0.25) is 9.10 Å². The molecule has 122 valence electrons. The third-order valence-electron chi connectivity index (χ3n) is 4.29. The fourth-order valence-electron chi connectivity index (χ4n) is 2.82. The highest BCUT2D eigenvalue weighted by Gasteiger charge is 2.37. The van der Waals surface area contributed by atoms with Crippen LogP contribution in [0.5, 0.6) is 0 Å². The average Bonchev–Trinajstić information content (AvgIpc) is 2.50. The second-order valence-electron chi connectivity index (χ2n) is 6.15. The molecule has 1 amide bonds. The molecule has 2 unspecified atom stereocenters. The van der Waals surface area contributed by atoms with Crippen LogP contribution >= 0.6 is 12.8 Å². The minimum Gasteiger partial charge on any atom is -0.391 e. The van der Waals surface area contributed by atoms with Gasteiger partial charge < -0.3 is 16.2 Å². The van der Waals surface area contributed by atoms with E-state index in [1.54, 1.807) is 0 Å². The Morgan fingerprint density at radius 1 is 1.41 bits per heavy atom. The van der Waals surface area contributed by atoms with Gasteiger partial charge in [-0.2, -0.15) is 0 Å². The lowest BCUT2D eigenvalue weighted by atomic mass is 9.82. The lowest BCUT2D eigenvalue weighted by molar-refractivity contribution is -0.126. The van der Waals surface area contributed by atoms with Gasteiger partial charge in [-0.25, -0.2) is 0 Å². The number of aliphatic hydroxyl groups excluding tert-OH is 1. The first-order chi connectivity index (χ1) is 10.4. The Labute approximate surface area is 137 Å². The Balaban J connectivity index is 2.13. The van der Waals surface area contributed by atoms with Crippen molar-refractivity contribution in [3.8, 4) is 0 Å². The van der Waals surface area contributed by atoms with Crippen LogP contribution in [-0.4, -0.2) is 46.1 Å². The topological polar surface area (TPSA) is 78.6 Å². The smallest absolute Gasteiger partial charge is 0.240 e. The van der Waals surface area contributed by atoms with Crippen molar-refractivity contribution in [3.63, 3.8) is 0 Å². The molecule has 0 spiro atoms. The summed E-state index contributed by atoms with van der Waals surface area (Å²) in [6.07, 6.45) is 1.51. The van der Waals surface area contributed by atoms with E-state index in [-0.39, 0.29) is 11.4 Å². The number of nitrogens with two attached hydrogens (primary N) is 1. The SMILES string of the molecule is CC(O)C(N)C(=O)NC1(Cc2ccccc2)CCN(S)CC1. The number of nitrogens with zero attached hydrogens (tertiary/aromatic N) is 1. The van der Waals surface area contributed by atoms with Crippen molar-refractivity contribution in [1.82, 2.24) is 9.62 Å². The second-order valence-corrected chi connectivity index (χ2v) is 6.72. The molecule has 0 aliphatic carbocycles. The number of carbonyl (C=O) groups is 1. The number of carbonyl (C=O) groups excluding carboxylic acids is 1. The largest absolute Gasteiger partial charge is 0.391 e. The van der Waals surface area contributed by atoms with E-state index in [9.17, 15) is 9.90 Å². The molecule has 2 atom stereocenters. The fourth-order valence-corrected chi connectivity index (χ4v) is 3.02. The Morgan fingerprint density at radius 3 is 2.55 bits per heavy atom. The Kier molecular flexibility index (Phi) is 5.86. The van der Waals surface area contributed by atoms with E-state index in [1.807, 2.05) is 22.5 Å². The number of hydrogen-bond acceptors (Lipinski definition) is 5. The summed E-state index contributed by atoms with van der Waals surface area (Å²) in [4.78, 5) is 12.3. The summed E-state index contributed by atoms with van der Waals surface area (Å²) in [6, 6.07) is 9.21. The van der Waals surface area contributed by atoms with E-state index < -0.39 is 12.1 Å². The molecule has 0 aromatic heterocycles. The molecular weight excluding hydrogens is 298 g/mol. The first kappa shape index (κ1) is 17.3. The Morgan fingerprint density at radius 2 is 2.00 bits per heavy atom. The summed E-state index contributed by atoms with van der Waals surface area (Å²) in [6.45, 7) is 3.14. The van der Waals surface area contributed by atoms with Crippen LogP contribution in [0.25, 0.3) is 0 Å². The zero-order valence-corrected chi connectivity index (χ0v) is 13.8. The maximum absolute atomic E-state index is 12.3. The Hall–Kier alpha value is -1.08. The molecular formula is C16H25N3O2S. The van der Waals surface area contributed by atoms with E-state index in [2.05, 4.69) is 30.3 Å². The van der Waals surface area contributed by atoms with Crippen LogP contribution in [-0.2, 0) is 11.2 Å². The number of hydrogen-bond donors (Lipinski definition) is 4. The molecule has 1 aromatic rings. The number of thiol groups is 1. The third-order valence-corrected chi connectivity index (χ3v) is 4.69. The van der Waals surface area contributed by atoms with Crippen LogP contribution in [0.15, 0.2) is 30.3 Å². The van der Waals surface area contributed by atoms with Crippen molar-refractivity contribution in [1.29, 1.82) is 0 Å². The molecule has 6 heteroatoms. The van der Waals surface area contributed by atoms with Gasteiger partial charge in [-0.1, -0.05) is 43.1 Å². The van der Waals surface area contributed by atoms with Gasteiger partial charge in [0.25, 0.3) is 0 Å². The molecule has 2 rings (SSSR count). The predicted octanol–water partition coefficient (Wildman–Crippen LogP) is 0.733. The van der Waals surface area contributed by atoms with Gasteiger partial charge in [-0.05, 0) is 31.7 Å². The molecule has 1 aliphatic heterocycles. The van der Waals surface area contributed by atoms with E-state index in [4.69, 9.17) is 5.73 Å². The lowest BCUT2D eigenvalue weighted by Gasteiger charge is -2.41. The normalized spacial score (nSPS) is 21.1. The number of rotatable bonds is 5. The molecule has 1 aliphatic rings. The molecule has 0 bridgehead atoms. The van der Waals surface area contributed by atoms with Crippen molar-refractivity contribution in [3.05, 3.63) is 35.9 Å². The summed E-state index contributed by atoms with van der Waals surface area (Å²) < 4.78 is 1.96.